The largest absolute Gasteiger partial charge is 0.497 e. The first kappa shape index (κ1) is 24.0. The molecule has 0 aliphatic carbocycles. The zero-order valence-electron chi connectivity index (χ0n) is 17.4. The first-order chi connectivity index (χ1) is 15.8. The lowest BCUT2D eigenvalue weighted by Gasteiger charge is -2.13. The van der Waals surface area contributed by atoms with Gasteiger partial charge in [-0.1, -0.05) is 23.7 Å². The summed E-state index contributed by atoms with van der Waals surface area (Å²) in [5.74, 6) is 3.33. The molecule has 3 aromatic rings. The Bertz CT molecular complexity index is 1140. The van der Waals surface area contributed by atoms with Crippen molar-refractivity contribution in [3.8, 4) is 29.5 Å². The third kappa shape index (κ3) is 6.43. The molecule has 172 valence electrons. The van der Waals surface area contributed by atoms with Gasteiger partial charge in [-0.2, -0.15) is 13.2 Å². The molecular weight excluding hydrogens is 457 g/mol. The molecule has 0 unspecified atom stereocenters. The normalized spacial score (nSPS) is 11.0. The minimum absolute atomic E-state index is 0.0435. The summed E-state index contributed by atoms with van der Waals surface area (Å²) in [5, 5.41) is 10.9. The Morgan fingerprint density at radius 1 is 1.18 bits per heavy atom. The van der Waals surface area contributed by atoms with E-state index in [9.17, 15) is 18.0 Å². The van der Waals surface area contributed by atoms with Crippen LogP contribution in [0.3, 0.4) is 0 Å². The van der Waals surface area contributed by atoms with Gasteiger partial charge in [0.15, 0.2) is 11.0 Å². The Morgan fingerprint density at radius 2 is 1.91 bits per heavy atom. The molecule has 0 spiro atoms. The molecule has 0 radical (unpaired) electrons. The van der Waals surface area contributed by atoms with Crippen molar-refractivity contribution >= 4 is 17.7 Å². The van der Waals surface area contributed by atoms with E-state index in [0.717, 1.165) is 23.9 Å². The predicted octanol–water partition coefficient (Wildman–Crippen LogP) is 3.72. The van der Waals surface area contributed by atoms with Crippen LogP contribution in [0.2, 0.25) is 0 Å². The van der Waals surface area contributed by atoms with Gasteiger partial charge in [-0.15, -0.1) is 16.6 Å². The molecule has 0 saturated carbocycles. The molecule has 1 heterocycles. The van der Waals surface area contributed by atoms with Crippen molar-refractivity contribution < 1.29 is 27.4 Å². The molecule has 1 N–H and O–H groups in total. The number of carbonyl (C=O) groups is 1. The number of carbonyl (C=O) groups excluding carboxylic acids is 1. The van der Waals surface area contributed by atoms with Crippen LogP contribution in [0.15, 0.2) is 53.7 Å². The van der Waals surface area contributed by atoms with Gasteiger partial charge < -0.3 is 14.8 Å². The number of amides is 1. The molecule has 0 bridgehead atoms. The molecule has 0 aliphatic rings. The molecule has 2 aromatic carbocycles. The number of nitrogens with zero attached hydrogens (tertiary/aromatic N) is 3. The summed E-state index contributed by atoms with van der Waals surface area (Å²) in [5.41, 5.74) is -0.631. The van der Waals surface area contributed by atoms with E-state index in [0.29, 0.717) is 11.5 Å². The summed E-state index contributed by atoms with van der Waals surface area (Å²) in [7, 11) is 1.54. The first-order valence-corrected chi connectivity index (χ1v) is 10.5. The molecule has 1 aromatic heterocycles. The number of alkyl halides is 3. The fourth-order valence-electron chi connectivity index (χ4n) is 2.72. The molecule has 1 amide bonds. The zero-order valence-corrected chi connectivity index (χ0v) is 18.2. The third-order valence-electron chi connectivity index (χ3n) is 4.28. The second kappa shape index (κ2) is 10.8. The van der Waals surface area contributed by atoms with E-state index < -0.39 is 11.7 Å². The lowest BCUT2D eigenvalue weighted by Crippen LogP contribution is -2.25. The van der Waals surface area contributed by atoms with Crippen molar-refractivity contribution in [1.29, 1.82) is 0 Å². The smallest absolute Gasteiger partial charge is 0.416 e. The Balaban J connectivity index is 1.88. The van der Waals surface area contributed by atoms with Gasteiger partial charge in [0.1, 0.15) is 18.1 Å². The number of aromatic nitrogens is 3. The second-order valence-electron chi connectivity index (χ2n) is 6.52. The second-order valence-corrected chi connectivity index (χ2v) is 7.46. The van der Waals surface area contributed by atoms with Crippen LogP contribution in [-0.4, -0.2) is 40.1 Å². The van der Waals surface area contributed by atoms with E-state index in [4.69, 9.17) is 15.9 Å². The molecule has 0 aliphatic heterocycles. The number of methoxy groups -OCH3 is 1. The van der Waals surface area contributed by atoms with Gasteiger partial charge in [-0.25, -0.2) is 0 Å². The maximum absolute atomic E-state index is 13.3. The highest BCUT2D eigenvalue weighted by atomic mass is 32.2. The Morgan fingerprint density at radius 3 is 2.58 bits per heavy atom. The maximum atomic E-state index is 13.3. The van der Waals surface area contributed by atoms with Crippen molar-refractivity contribution in [2.24, 2.45) is 0 Å². The molecule has 11 heteroatoms. The average Bonchev–Trinajstić information content (AvgIpc) is 3.22. The number of nitrogens with one attached hydrogen (secondary N) is 1. The van der Waals surface area contributed by atoms with E-state index in [-0.39, 0.29) is 41.5 Å². The van der Waals surface area contributed by atoms with Gasteiger partial charge in [0.05, 0.1) is 30.7 Å². The number of halogens is 3. The van der Waals surface area contributed by atoms with Crippen LogP contribution in [0, 0.1) is 12.3 Å². The fourth-order valence-corrected chi connectivity index (χ4v) is 3.52. The van der Waals surface area contributed by atoms with Crippen LogP contribution in [0.1, 0.15) is 11.4 Å². The lowest BCUT2D eigenvalue weighted by molar-refractivity contribution is -0.137. The topological polar surface area (TPSA) is 78.3 Å². The highest BCUT2D eigenvalue weighted by Gasteiger charge is 2.31. The highest BCUT2D eigenvalue weighted by molar-refractivity contribution is 7.99. The number of rotatable bonds is 9. The van der Waals surface area contributed by atoms with Crippen molar-refractivity contribution in [2.45, 2.75) is 17.9 Å². The molecular formula is C22H19F3N4O3S. The van der Waals surface area contributed by atoms with Gasteiger partial charge >= 0.3 is 6.18 Å². The maximum Gasteiger partial charge on any atom is 0.416 e. The minimum Gasteiger partial charge on any atom is -0.497 e. The Labute approximate surface area is 192 Å². The van der Waals surface area contributed by atoms with E-state index in [2.05, 4.69) is 21.4 Å². The van der Waals surface area contributed by atoms with E-state index >= 15 is 0 Å². The van der Waals surface area contributed by atoms with Gasteiger partial charge in [0, 0.05) is 0 Å². The van der Waals surface area contributed by atoms with Crippen molar-refractivity contribution in [1.82, 2.24) is 20.1 Å². The number of thioether (sulfide) groups is 1. The standard InChI is InChI=1S/C22H19F3N4O3S/c1-3-11-26-20(30)14-33-21-28-27-19(13-32-18-9-7-17(31-2)8-10-18)29(21)16-6-4-5-15(12-16)22(23,24)25/h1,4-10,12H,11,13-14H2,2H3,(H,26,30). The number of terminal acetylenes is 1. The summed E-state index contributed by atoms with van der Waals surface area (Å²) < 4.78 is 52.1. The average molecular weight is 476 g/mol. The Hall–Kier alpha value is -3.65. The van der Waals surface area contributed by atoms with Crippen LogP contribution in [0.4, 0.5) is 13.2 Å². The number of hydrogen-bond acceptors (Lipinski definition) is 6. The molecule has 0 fully saturated rings. The molecule has 0 saturated heterocycles. The molecule has 33 heavy (non-hydrogen) atoms. The van der Waals surface area contributed by atoms with Crippen LogP contribution in [0.5, 0.6) is 11.5 Å². The van der Waals surface area contributed by atoms with Gasteiger partial charge in [-0.3, -0.25) is 9.36 Å². The monoisotopic (exact) mass is 476 g/mol. The predicted molar refractivity (Wildman–Crippen MR) is 116 cm³/mol. The van der Waals surface area contributed by atoms with Crippen molar-refractivity contribution in [3.05, 3.63) is 59.9 Å². The quantitative estimate of drug-likeness (QED) is 0.375. The van der Waals surface area contributed by atoms with Crippen molar-refractivity contribution in [2.75, 3.05) is 19.4 Å². The van der Waals surface area contributed by atoms with Gasteiger partial charge in [0.25, 0.3) is 0 Å². The highest BCUT2D eigenvalue weighted by Crippen LogP contribution is 2.32. The number of benzene rings is 2. The van der Waals surface area contributed by atoms with Crippen LogP contribution in [-0.2, 0) is 17.6 Å². The summed E-state index contributed by atoms with van der Waals surface area (Å²) in [6.07, 6.45) is 0.602. The summed E-state index contributed by atoms with van der Waals surface area (Å²) in [6.45, 7) is 0.0000865. The summed E-state index contributed by atoms with van der Waals surface area (Å²) in [4.78, 5) is 11.9. The van der Waals surface area contributed by atoms with Gasteiger partial charge in [0.2, 0.25) is 5.91 Å². The Kier molecular flexibility index (Phi) is 7.84. The molecule has 3 rings (SSSR count). The number of ether oxygens (including phenoxy) is 2. The first-order valence-electron chi connectivity index (χ1n) is 9.53. The number of hydrogen-bond donors (Lipinski definition) is 1. The molecule has 0 atom stereocenters. The van der Waals surface area contributed by atoms with Crippen LogP contribution >= 0.6 is 11.8 Å². The van der Waals surface area contributed by atoms with Gasteiger partial charge in [-0.05, 0) is 42.5 Å². The summed E-state index contributed by atoms with van der Waals surface area (Å²) in [6, 6.07) is 11.6. The SMILES string of the molecule is C#CCNC(=O)CSc1nnc(COc2ccc(OC)cc2)n1-c1cccc(C(F)(F)F)c1. The molecule has 7 nitrogen and oxygen atoms in total. The fraction of sp³-hybridized carbons (Fsp3) is 0.227. The zero-order chi connectivity index (χ0) is 23.8. The minimum atomic E-state index is -4.52. The van der Waals surface area contributed by atoms with E-state index in [1.807, 2.05) is 0 Å². The van der Waals surface area contributed by atoms with Crippen LogP contribution in [0.25, 0.3) is 5.69 Å². The van der Waals surface area contributed by atoms with E-state index in [1.165, 1.54) is 16.7 Å². The van der Waals surface area contributed by atoms with E-state index in [1.54, 1.807) is 31.4 Å². The van der Waals surface area contributed by atoms with Crippen LogP contribution < -0.4 is 14.8 Å². The lowest BCUT2D eigenvalue weighted by atomic mass is 10.2. The van der Waals surface area contributed by atoms with Crippen molar-refractivity contribution in [3.63, 3.8) is 0 Å². The third-order valence-corrected chi connectivity index (χ3v) is 5.21. The summed E-state index contributed by atoms with van der Waals surface area (Å²) >= 11 is 1.02.